The number of rotatable bonds is 6. The first-order valence-electron chi connectivity index (χ1n) is 6.40. The summed E-state index contributed by atoms with van der Waals surface area (Å²) in [5.74, 6) is -0.404. The molecule has 0 aromatic heterocycles. The van der Waals surface area contributed by atoms with Crippen LogP contribution >= 0.6 is 0 Å². The largest absolute Gasteiger partial charge is 0.480 e. The van der Waals surface area contributed by atoms with Crippen LogP contribution in [0.25, 0.3) is 0 Å². The fraction of sp³-hybridized carbons (Fsp3) is 0.533. The monoisotopic (exact) mass is 249 g/mol. The normalized spacial score (nSPS) is 16.3. The summed E-state index contributed by atoms with van der Waals surface area (Å²) in [6.07, 6.45) is 0.486. The number of carboxylic acid groups (broad SMARTS) is 1. The van der Waals surface area contributed by atoms with Gasteiger partial charge in [0.05, 0.1) is 0 Å². The summed E-state index contributed by atoms with van der Waals surface area (Å²) in [6, 6.07) is 9.89. The van der Waals surface area contributed by atoms with E-state index < -0.39 is 11.5 Å². The number of hydrogen-bond donors (Lipinski definition) is 2. The van der Waals surface area contributed by atoms with E-state index >= 15 is 0 Å². The third-order valence-electron chi connectivity index (χ3n) is 3.42. The van der Waals surface area contributed by atoms with Gasteiger partial charge in [-0.1, -0.05) is 44.2 Å². The molecule has 0 saturated carbocycles. The van der Waals surface area contributed by atoms with Crippen molar-refractivity contribution in [3.05, 3.63) is 35.9 Å². The molecule has 3 nitrogen and oxygen atoms in total. The topological polar surface area (TPSA) is 49.3 Å². The van der Waals surface area contributed by atoms with Gasteiger partial charge in [-0.05, 0) is 25.3 Å². The summed E-state index contributed by atoms with van der Waals surface area (Å²) in [5, 5.41) is 12.7. The quantitative estimate of drug-likeness (QED) is 0.815. The van der Waals surface area contributed by atoms with Gasteiger partial charge >= 0.3 is 5.97 Å². The smallest absolute Gasteiger partial charge is 0.323 e. The lowest BCUT2D eigenvalue weighted by Crippen LogP contribution is -2.55. The summed E-state index contributed by atoms with van der Waals surface area (Å²) in [5.41, 5.74) is 0.108. The molecule has 0 saturated heterocycles. The zero-order valence-electron chi connectivity index (χ0n) is 11.6. The van der Waals surface area contributed by atoms with Gasteiger partial charge in [-0.15, -0.1) is 0 Å². The average molecular weight is 249 g/mol. The van der Waals surface area contributed by atoms with E-state index in [1.165, 1.54) is 0 Å². The van der Waals surface area contributed by atoms with Crippen molar-refractivity contribution in [3.63, 3.8) is 0 Å². The fourth-order valence-corrected chi connectivity index (χ4v) is 1.86. The molecule has 0 fully saturated rings. The molecule has 0 spiro atoms. The molecule has 2 N–H and O–H groups in total. The number of hydrogen-bond acceptors (Lipinski definition) is 2. The molecule has 1 rings (SSSR count). The SMILES string of the molecule is CC(C)C(C)NC(C)(Cc1ccccc1)C(=O)O. The maximum atomic E-state index is 11.5. The summed E-state index contributed by atoms with van der Waals surface area (Å²) < 4.78 is 0. The van der Waals surface area contributed by atoms with Crippen LogP contribution in [-0.2, 0) is 11.2 Å². The summed E-state index contributed by atoms with van der Waals surface area (Å²) in [7, 11) is 0. The highest BCUT2D eigenvalue weighted by Gasteiger charge is 2.34. The second-order valence-corrected chi connectivity index (χ2v) is 5.48. The maximum absolute atomic E-state index is 11.5. The van der Waals surface area contributed by atoms with Gasteiger partial charge in [0.1, 0.15) is 5.54 Å². The molecule has 0 amide bonds. The molecule has 3 heteroatoms. The highest BCUT2D eigenvalue weighted by atomic mass is 16.4. The molecular formula is C15H23NO2. The minimum Gasteiger partial charge on any atom is -0.480 e. The predicted molar refractivity (Wildman–Crippen MR) is 73.6 cm³/mol. The van der Waals surface area contributed by atoms with Crippen molar-refractivity contribution < 1.29 is 9.90 Å². The molecule has 100 valence electrons. The van der Waals surface area contributed by atoms with Crippen LogP contribution in [0.15, 0.2) is 30.3 Å². The predicted octanol–water partition coefficient (Wildman–Crippen LogP) is 2.71. The highest BCUT2D eigenvalue weighted by molar-refractivity contribution is 5.78. The zero-order valence-corrected chi connectivity index (χ0v) is 11.6. The number of benzene rings is 1. The summed E-state index contributed by atoms with van der Waals surface area (Å²) >= 11 is 0. The zero-order chi connectivity index (χ0) is 13.8. The van der Waals surface area contributed by atoms with E-state index in [0.717, 1.165) is 5.56 Å². The minimum absolute atomic E-state index is 0.162. The lowest BCUT2D eigenvalue weighted by atomic mass is 9.90. The molecule has 0 aliphatic heterocycles. The van der Waals surface area contributed by atoms with Gasteiger partial charge in [0.2, 0.25) is 0 Å². The lowest BCUT2D eigenvalue weighted by Gasteiger charge is -2.32. The molecular weight excluding hydrogens is 226 g/mol. The molecule has 0 heterocycles. The van der Waals surface area contributed by atoms with Crippen LogP contribution in [0.5, 0.6) is 0 Å². The van der Waals surface area contributed by atoms with Crippen LogP contribution in [-0.4, -0.2) is 22.7 Å². The van der Waals surface area contributed by atoms with Crippen LogP contribution in [0.4, 0.5) is 0 Å². The third kappa shape index (κ3) is 3.84. The Kier molecular flexibility index (Phi) is 4.91. The minimum atomic E-state index is -0.926. The Balaban J connectivity index is 2.84. The lowest BCUT2D eigenvalue weighted by molar-refractivity contribution is -0.144. The van der Waals surface area contributed by atoms with E-state index in [2.05, 4.69) is 19.2 Å². The second kappa shape index (κ2) is 6.01. The van der Waals surface area contributed by atoms with E-state index in [-0.39, 0.29) is 6.04 Å². The summed E-state index contributed by atoms with van der Waals surface area (Å²) in [6.45, 7) is 7.95. The molecule has 0 radical (unpaired) electrons. The Morgan fingerprint density at radius 3 is 2.28 bits per heavy atom. The van der Waals surface area contributed by atoms with E-state index in [4.69, 9.17) is 0 Å². The molecule has 0 aliphatic rings. The van der Waals surface area contributed by atoms with Crippen LogP contribution < -0.4 is 5.32 Å². The summed E-state index contributed by atoms with van der Waals surface area (Å²) in [4.78, 5) is 11.5. The van der Waals surface area contributed by atoms with Crippen LogP contribution in [0.1, 0.15) is 33.3 Å². The van der Waals surface area contributed by atoms with Gasteiger partial charge in [-0.3, -0.25) is 10.1 Å². The first-order chi connectivity index (χ1) is 8.35. The van der Waals surface area contributed by atoms with Gasteiger partial charge in [0, 0.05) is 12.5 Å². The van der Waals surface area contributed by atoms with Crippen LogP contribution in [0, 0.1) is 5.92 Å². The molecule has 0 aliphatic carbocycles. The average Bonchev–Trinajstić information content (AvgIpc) is 2.29. The van der Waals surface area contributed by atoms with Crippen molar-refractivity contribution in [3.8, 4) is 0 Å². The first-order valence-corrected chi connectivity index (χ1v) is 6.40. The Morgan fingerprint density at radius 1 is 1.28 bits per heavy atom. The van der Waals surface area contributed by atoms with Crippen molar-refractivity contribution in [1.29, 1.82) is 0 Å². The Labute approximate surface area is 109 Å². The second-order valence-electron chi connectivity index (χ2n) is 5.48. The maximum Gasteiger partial charge on any atom is 0.323 e. The van der Waals surface area contributed by atoms with Crippen molar-refractivity contribution in [1.82, 2.24) is 5.32 Å². The highest BCUT2D eigenvalue weighted by Crippen LogP contribution is 2.16. The van der Waals surface area contributed by atoms with Crippen molar-refractivity contribution >= 4 is 5.97 Å². The van der Waals surface area contributed by atoms with Gasteiger partial charge in [-0.2, -0.15) is 0 Å². The van der Waals surface area contributed by atoms with E-state index in [0.29, 0.717) is 12.3 Å². The van der Waals surface area contributed by atoms with Gasteiger partial charge in [-0.25, -0.2) is 0 Å². The molecule has 1 aromatic carbocycles. The van der Waals surface area contributed by atoms with Crippen molar-refractivity contribution in [2.75, 3.05) is 0 Å². The molecule has 0 bridgehead atoms. The Morgan fingerprint density at radius 2 is 1.83 bits per heavy atom. The molecule has 1 aromatic rings. The van der Waals surface area contributed by atoms with E-state index in [1.54, 1.807) is 6.92 Å². The van der Waals surface area contributed by atoms with E-state index in [1.807, 2.05) is 37.3 Å². The Bertz CT molecular complexity index is 389. The van der Waals surface area contributed by atoms with Crippen molar-refractivity contribution in [2.24, 2.45) is 5.92 Å². The number of carboxylic acids is 1. The van der Waals surface area contributed by atoms with Crippen LogP contribution in [0.3, 0.4) is 0 Å². The van der Waals surface area contributed by atoms with Crippen molar-refractivity contribution in [2.45, 2.75) is 45.7 Å². The van der Waals surface area contributed by atoms with Gasteiger partial charge in [0.15, 0.2) is 0 Å². The standard InChI is InChI=1S/C15H23NO2/c1-11(2)12(3)16-15(4,14(17)18)10-13-8-6-5-7-9-13/h5-9,11-12,16H,10H2,1-4H3,(H,17,18). The van der Waals surface area contributed by atoms with Gasteiger partial charge in [0.25, 0.3) is 0 Å². The number of carbonyl (C=O) groups is 1. The fourth-order valence-electron chi connectivity index (χ4n) is 1.86. The molecule has 18 heavy (non-hydrogen) atoms. The first kappa shape index (κ1) is 14.7. The Hall–Kier alpha value is -1.35. The van der Waals surface area contributed by atoms with Crippen LogP contribution in [0.2, 0.25) is 0 Å². The van der Waals surface area contributed by atoms with E-state index in [9.17, 15) is 9.90 Å². The third-order valence-corrected chi connectivity index (χ3v) is 3.42. The van der Waals surface area contributed by atoms with Gasteiger partial charge < -0.3 is 5.11 Å². The molecule has 2 unspecified atom stereocenters. The number of aliphatic carboxylic acids is 1. The number of nitrogens with one attached hydrogen (secondary N) is 1. The molecule has 2 atom stereocenters.